The minimum absolute atomic E-state index is 0.126. The van der Waals surface area contributed by atoms with Gasteiger partial charge in [0.2, 0.25) is 0 Å². The van der Waals surface area contributed by atoms with E-state index in [-0.39, 0.29) is 18.1 Å². The van der Waals surface area contributed by atoms with Crippen LogP contribution in [0.15, 0.2) is 42.5 Å². The van der Waals surface area contributed by atoms with Crippen molar-refractivity contribution in [3.63, 3.8) is 0 Å². The Bertz CT molecular complexity index is 681. The number of hydrogen-bond donors (Lipinski definition) is 2. The van der Waals surface area contributed by atoms with Crippen molar-refractivity contribution in [1.29, 1.82) is 0 Å². The lowest BCUT2D eigenvalue weighted by Gasteiger charge is -2.31. The molecule has 0 spiro atoms. The highest BCUT2D eigenvalue weighted by Crippen LogP contribution is 2.26. The molecule has 4 nitrogen and oxygen atoms in total. The van der Waals surface area contributed by atoms with Crippen LogP contribution in [0.4, 0.5) is 10.5 Å². The van der Waals surface area contributed by atoms with Gasteiger partial charge in [0.15, 0.2) is 0 Å². The fourth-order valence-electron chi connectivity index (χ4n) is 3.38. The largest absolute Gasteiger partial charge is 0.393 e. The topological polar surface area (TPSA) is 52.6 Å². The van der Waals surface area contributed by atoms with Crippen LogP contribution in [-0.2, 0) is 0 Å². The predicted molar refractivity (Wildman–Crippen MR) is 93.6 cm³/mol. The molecule has 2 aromatic rings. The highest BCUT2D eigenvalue weighted by Gasteiger charge is 2.25. The van der Waals surface area contributed by atoms with Gasteiger partial charge in [-0.3, -0.25) is 0 Å². The Morgan fingerprint density at radius 1 is 1.17 bits per heavy atom. The number of rotatable bonds is 3. The third-order valence-electron chi connectivity index (χ3n) is 4.76. The Morgan fingerprint density at radius 3 is 2.74 bits per heavy atom. The number of aliphatic hydroxyl groups is 1. The van der Waals surface area contributed by atoms with Crippen molar-refractivity contribution in [1.82, 2.24) is 4.90 Å². The second kappa shape index (κ2) is 7.01. The number of urea groups is 1. The summed E-state index contributed by atoms with van der Waals surface area (Å²) in [4.78, 5) is 14.2. The quantitative estimate of drug-likeness (QED) is 0.904. The Morgan fingerprint density at radius 2 is 1.91 bits per heavy atom. The van der Waals surface area contributed by atoms with Crippen LogP contribution in [0.5, 0.6) is 0 Å². The summed E-state index contributed by atoms with van der Waals surface area (Å²) in [5.41, 5.74) is 0.823. The molecule has 0 aromatic heterocycles. The van der Waals surface area contributed by atoms with Crippen LogP contribution >= 0.6 is 0 Å². The first-order valence-electron chi connectivity index (χ1n) is 8.33. The molecule has 2 aromatic carbocycles. The summed E-state index contributed by atoms with van der Waals surface area (Å²) in [6.45, 7) is 0.595. The smallest absolute Gasteiger partial charge is 0.321 e. The Balaban J connectivity index is 1.68. The fraction of sp³-hybridized carbons (Fsp3) is 0.421. The van der Waals surface area contributed by atoms with E-state index >= 15 is 0 Å². The number of benzene rings is 2. The number of carbonyl (C=O) groups is 1. The predicted octanol–water partition coefficient (Wildman–Crippen LogP) is 3.85. The minimum atomic E-state index is -0.281. The van der Waals surface area contributed by atoms with Gasteiger partial charge >= 0.3 is 6.03 Å². The lowest BCUT2D eigenvalue weighted by Crippen LogP contribution is -2.40. The maximum absolute atomic E-state index is 12.5. The molecule has 2 atom stereocenters. The van der Waals surface area contributed by atoms with Gasteiger partial charge in [0.1, 0.15) is 0 Å². The zero-order valence-electron chi connectivity index (χ0n) is 13.5. The van der Waals surface area contributed by atoms with Crippen molar-refractivity contribution in [2.75, 3.05) is 18.9 Å². The third kappa shape index (κ3) is 3.64. The van der Waals surface area contributed by atoms with E-state index < -0.39 is 0 Å². The summed E-state index contributed by atoms with van der Waals surface area (Å²) >= 11 is 0. The number of fused-ring (bicyclic) bond motifs is 1. The lowest BCUT2D eigenvalue weighted by molar-refractivity contribution is 0.0575. The van der Waals surface area contributed by atoms with E-state index in [9.17, 15) is 9.90 Å². The van der Waals surface area contributed by atoms with Gasteiger partial charge < -0.3 is 15.3 Å². The molecule has 2 N–H and O–H groups in total. The highest BCUT2D eigenvalue weighted by atomic mass is 16.3. The van der Waals surface area contributed by atoms with Crippen LogP contribution < -0.4 is 5.32 Å². The molecule has 1 aliphatic rings. The Kier molecular flexibility index (Phi) is 4.82. The number of aliphatic hydroxyl groups excluding tert-OH is 1. The highest BCUT2D eigenvalue weighted by molar-refractivity contribution is 6.01. The first-order valence-corrected chi connectivity index (χ1v) is 8.33. The number of anilines is 1. The first-order chi connectivity index (χ1) is 11.1. The first kappa shape index (κ1) is 15.8. The Labute approximate surface area is 137 Å². The van der Waals surface area contributed by atoms with Gasteiger partial charge in [0.25, 0.3) is 0 Å². The second-order valence-electron chi connectivity index (χ2n) is 6.45. The summed E-state index contributed by atoms with van der Waals surface area (Å²) in [5, 5.41) is 15.2. The summed E-state index contributed by atoms with van der Waals surface area (Å²) in [5.74, 6) is 0.187. The van der Waals surface area contributed by atoms with Gasteiger partial charge in [-0.15, -0.1) is 0 Å². The molecule has 0 bridgehead atoms. The van der Waals surface area contributed by atoms with Crippen LogP contribution in [0.2, 0.25) is 0 Å². The van der Waals surface area contributed by atoms with E-state index in [0.717, 1.165) is 42.1 Å². The zero-order chi connectivity index (χ0) is 16.2. The molecule has 122 valence electrons. The van der Waals surface area contributed by atoms with Crippen LogP contribution in [0.3, 0.4) is 0 Å². The van der Waals surface area contributed by atoms with Crippen molar-refractivity contribution in [2.45, 2.75) is 31.8 Å². The molecule has 0 heterocycles. The number of carbonyl (C=O) groups excluding carboxylic acids is 1. The molecule has 0 radical (unpaired) electrons. The molecule has 1 fully saturated rings. The average Bonchev–Trinajstić information content (AvgIpc) is 2.57. The molecule has 0 saturated heterocycles. The van der Waals surface area contributed by atoms with Crippen LogP contribution in [0.25, 0.3) is 10.8 Å². The van der Waals surface area contributed by atoms with E-state index in [4.69, 9.17) is 0 Å². The number of amides is 2. The molecule has 4 heteroatoms. The van der Waals surface area contributed by atoms with E-state index in [1.165, 1.54) is 0 Å². The number of nitrogens with zero attached hydrogens (tertiary/aromatic N) is 1. The zero-order valence-corrected chi connectivity index (χ0v) is 13.5. The van der Waals surface area contributed by atoms with Gasteiger partial charge in [0, 0.05) is 24.9 Å². The van der Waals surface area contributed by atoms with Gasteiger partial charge in [0.05, 0.1) is 11.8 Å². The molecule has 2 amide bonds. The van der Waals surface area contributed by atoms with E-state index in [1.54, 1.807) is 11.9 Å². The third-order valence-corrected chi connectivity index (χ3v) is 4.76. The fourth-order valence-corrected chi connectivity index (χ4v) is 3.38. The maximum atomic E-state index is 12.5. The van der Waals surface area contributed by atoms with Gasteiger partial charge in [-0.1, -0.05) is 49.2 Å². The van der Waals surface area contributed by atoms with Gasteiger partial charge in [-0.25, -0.2) is 4.79 Å². The summed E-state index contributed by atoms with van der Waals surface area (Å²) in [6.07, 6.45) is 3.79. The molecule has 2 unspecified atom stereocenters. The van der Waals surface area contributed by atoms with Crippen molar-refractivity contribution < 1.29 is 9.90 Å². The minimum Gasteiger partial charge on any atom is -0.393 e. The van der Waals surface area contributed by atoms with Crippen LogP contribution in [0.1, 0.15) is 25.7 Å². The molecule has 1 saturated carbocycles. The average molecular weight is 312 g/mol. The second-order valence-corrected chi connectivity index (χ2v) is 6.45. The monoisotopic (exact) mass is 312 g/mol. The molecular weight excluding hydrogens is 288 g/mol. The molecular formula is C19H24N2O2. The number of nitrogens with one attached hydrogen (secondary N) is 1. The molecule has 23 heavy (non-hydrogen) atoms. The van der Waals surface area contributed by atoms with Crippen molar-refractivity contribution in [2.24, 2.45) is 5.92 Å². The standard InChI is InChI=1S/C19H24N2O2/c1-21(13-15-8-3-5-12-18(15)22)19(23)20-17-11-6-9-14-7-2-4-10-16(14)17/h2,4,6-7,9-11,15,18,22H,3,5,8,12-13H2,1H3,(H,20,23). The molecule has 1 aliphatic carbocycles. The summed E-state index contributed by atoms with van der Waals surface area (Å²) in [7, 11) is 1.79. The van der Waals surface area contributed by atoms with Gasteiger partial charge in [-0.2, -0.15) is 0 Å². The maximum Gasteiger partial charge on any atom is 0.321 e. The normalized spacial score (nSPS) is 21.1. The van der Waals surface area contributed by atoms with E-state index in [1.807, 2.05) is 42.5 Å². The van der Waals surface area contributed by atoms with Crippen LogP contribution in [-0.4, -0.2) is 35.7 Å². The van der Waals surface area contributed by atoms with E-state index in [2.05, 4.69) is 5.32 Å². The van der Waals surface area contributed by atoms with Crippen molar-refractivity contribution >= 4 is 22.5 Å². The van der Waals surface area contributed by atoms with Crippen LogP contribution in [0, 0.1) is 5.92 Å². The van der Waals surface area contributed by atoms with E-state index in [0.29, 0.717) is 6.54 Å². The molecule has 3 rings (SSSR count). The summed E-state index contributed by atoms with van der Waals surface area (Å²) < 4.78 is 0. The lowest BCUT2D eigenvalue weighted by atomic mass is 9.86. The van der Waals surface area contributed by atoms with Crippen molar-refractivity contribution in [3.8, 4) is 0 Å². The summed E-state index contributed by atoms with van der Waals surface area (Å²) in [6, 6.07) is 13.8. The number of hydrogen-bond acceptors (Lipinski definition) is 2. The SMILES string of the molecule is CN(CC1CCCCC1O)C(=O)Nc1cccc2ccccc12. The van der Waals surface area contributed by atoms with Crippen molar-refractivity contribution in [3.05, 3.63) is 42.5 Å². The van der Waals surface area contributed by atoms with Gasteiger partial charge in [-0.05, 0) is 24.3 Å². The Hall–Kier alpha value is -2.07. The molecule has 0 aliphatic heterocycles.